The fourth-order valence-corrected chi connectivity index (χ4v) is 4.18. The van der Waals surface area contributed by atoms with Gasteiger partial charge < -0.3 is 5.73 Å². The van der Waals surface area contributed by atoms with E-state index in [0.29, 0.717) is 29.6 Å². The third-order valence-electron chi connectivity index (χ3n) is 4.04. The Kier molecular flexibility index (Phi) is 5.05. The normalized spacial score (nSPS) is 23.6. The number of rotatable bonds is 5. The van der Waals surface area contributed by atoms with Crippen molar-refractivity contribution in [2.75, 3.05) is 12.3 Å². The lowest BCUT2D eigenvalue weighted by Gasteiger charge is -2.26. The van der Waals surface area contributed by atoms with Gasteiger partial charge in [-0.2, -0.15) is 0 Å². The highest BCUT2D eigenvalue weighted by Crippen LogP contribution is 2.28. The second-order valence-corrected chi connectivity index (χ2v) is 7.75. The van der Waals surface area contributed by atoms with E-state index >= 15 is 0 Å². The van der Waals surface area contributed by atoms with Crippen LogP contribution in [0.2, 0.25) is 0 Å². The Balaban J connectivity index is 1.89. The number of nitrogens with two attached hydrogens (primary N) is 1. The SMILES string of the molecule is CC1CCCC(CNS(=O)(=O)Cc2ccccc2N)C1. The zero-order valence-electron chi connectivity index (χ0n) is 12.0. The Bertz CT molecular complexity index is 543. The summed E-state index contributed by atoms with van der Waals surface area (Å²) in [6.45, 7) is 2.80. The zero-order chi connectivity index (χ0) is 14.6. The van der Waals surface area contributed by atoms with E-state index in [1.165, 1.54) is 12.8 Å². The van der Waals surface area contributed by atoms with Crippen molar-refractivity contribution < 1.29 is 8.42 Å². The van der Waals surface area contributed by atoms with Gasteiger partial charge in [-0.1, -0.05) is 38.0 Å². The molecule has 3 N–H and O–H groups in total. The molecule has 2 atom stereocenters. The van der Waals surface area contributed by atoms with Gasteiger partial charge in [0.15, 0.2) is 0 Å². The third-order valence-corrected chi connectivity index (χ3v) is 5.34. The van der Waals surface area contributed by atoms with Crippen LogP contribution in [0.4, 0.5) is 5.69 Å². The predicted octanol–water partition coefficient (Wildman–Crippen LogP) is 2.51. The fraction of sp³-hybridized carbons (Fsp3) is 0.600. The number of benzene rings is 1. The van der Waals surface area contributed by atoms with Gasteiger partial charge in [-0.3, -0.25) is 0 Å². The number of nitrogen functional groups attached to an aromatic ring is 1. The lowest BCUT2D eigenvalue weighted by molar-refractivity contribution is 0.283. The maximum absolute atomic E-state index is 12.1. The van der Waals surface area contributed by atoms with Crippen molar-refractivity contribution in [1.29, 1.82) is 0 Å². The first kappa shape index (κ1) is 15.3. The second kappa shape index (κ2) is 6.59. The number of para-hydroxylation sites is 1. The van der Waals surface area contributed by atoms with Crippen LogP contribution >= 0.6 is 0 Å². The zero-order valence-corrected chi connectivity index (χ0v) is 12.8. The van der Waals surface area contributed by atoms with Crippen LogP contribution in [-0.4, -0.2) is 15.0 Å². The molecule has 2 unspecified atom stereocenters. The number of anilines is 1. The van der Waals surface area contributed by atoms with E-state index in [9.17, 15) is 8.42 Å². The molecule has 1 aromatic rings. The molecule has 1 fully saturated rings. The summed E-state index contributed by atoms with van der Waals surface area (Å²) in [6, 6.07) is 7.11. The fourth-order valence-electron chi connectivity index (χ4n) is 2.91. The van der Waals surface area contributed by atoms with Gasteiger partial charge in [0.25, 0.3) is 0 Å². The molecule has 2 rings (SSSR count). The maximum Gasteiger partial charge on any atom is 0.215 e. The molecule has 0 spiro atoms. The van der Waals surface area contributed by atoms with Crippen LogP contribution in [0.5, 0.6) is 0 Å². The molecule has 0 heterocycles. The molecule has 5 heteroatoms. The Hall–Kier alpha value is -1.07. The first-order chi connectivity index (χ1) is 9.46. The van der Waals surface area contributed by atoms with Crippen molar-refractivity contribution in [2.45, 2.75) is 38.4 Å². The van der Waals surface area contributed by atoms with Gasteiger partial charge in [0.05, 0.1) is 5.75 Å². The summed E-state index contributed by atoms with van der Waals surface area (Å²) in [5, 5.41) is 0. The molecule has 20 heavy (non-hydrogen) atoms. The minimum Gasteiger partial charge on any atom is -0.398 e. The van der Waals surface area contributed by atoms with Crippen LogP contribution in [0.15, 0.2) is 24.3 Å². The molecule has 1 saturated carbocycles. The van der Waals surface area contributed by atoms with Gasteiger partial charge in [0.2, 0.25) is 10.0 Å². The third kappa shape index (κ3) is 4.49. The second-order valence-electron chi connectivity index (χ2n) is 5.94. The van der Waals surface area contributed by atoms with Crippen molar-refractivity contribution >= 4 is 15.7 Å². The van der Waals surface area contributed by atoms with Crippen LogP contribution in [0.1, 0.15) is 38.2 Å². The van der Waals surface area contributed by atoms with Gasteiger partial charge in [-0.15, -0.1) is 0 Å². The summed E-state index contributed by atoms with van der Waals surface area (Å²) in [5.74, 6) is 1.15. The monoisotopic (exact) mass is 296 g/mol. The lowest BCUT2D eigenvalue weighted by Crippen LogP contribution is -2.32. The summed E-state index contributed by atoms with van der Waals surface area (Å²) in [5.41, 5.74) is 6.99. The Morgan fingerprint density at radius 3 is 2.75 bits per heavy atom. The molecule has 0 amide bonds. The number of hydrogen-bond acceptors (Lipinski definition) is 3. The first-order valence-electron chi connectivity index (χ1n) is 7.27. The van der Waals surface area contributed by atoms with E-state index in [0.717, 1.165) is 12.8 Å². The molecule has 1 aliphatic carbocycles. The van der Waals surface area contributed by atoms with E-state index in [-0.39, 0.29) is 5.75 Å². The summed E-state index contributed by atoms with van der Waals surface area (Å²) >= 11 is 0. The molecule has 0 bridgehead atoms. The van der Waals surface area contributed by atoms with E-state index < -0.39 is 10.0 Å². The van der Waals surface area contributed by atoms with Gasteiger partial charge in [-0.05, 0) is 36.3 Å². The quantitative estimate of drug-likeness (QED) is 0.820. The average molecular weight is 296 g/mol. The maximum atomic E-state index is 12.1. The van der Waals surface area contributed by atoms with Gasteiger partial charge >= 0.3 is 0 Å². The number of sulfonamides is 1. The smallest absolute Gasteiger partial charge is 0.215 e. The standard InChI is InChI=1S/C15H24N2O2S/c1-12-5-4-6-13(9-12)10-17-20(18,19)11-14-7-2-3-8-15(14)16/h2-3,7-8,12-13,17H,4-6,9-11,16H2,1H3. The lowest BCUT2D eigenvalue weighted by atomic mass is 9.83. The molecule has 1 aromatic carbocycles. The van der Waals surface area contributed by atoms with Crippen molar-refractivity contribution in [1.82, 2.24) is 4.72 Å². The van der Waals surface area contributed by atoms with Crippen LogP contribution in [0.25, 0.3) is 0 Å². The topological polar surface area (TPSA) is 72.2 Å². The highest BCUT2D eigenvalue weighted by Gasteiger charge is 2.21. The Labute approximate surface area is 121 Å². The van der Waals surface area contributed by atoms with Crippen LogP contribution in [0.3, 0.4) is 0 Å². The molecule has 0 radical (unpaired) electrons. The van der Waals surface area contributed by atoms with Crippen molar-refractivity contribution in [2.24, 2.45) is 11.8 Å². The van der Waals surface area contributed by atoms with E-state index in [1.54, 1.807) is 12.1 Å². The highest BCUT2D eigenvalue weighted by atomic mass is 32.2. The number of nitrogens with one attached hydrogen (secondary N) is 1. The highest BCUT2D eigenvalue weighted by molar-refractivity contribution is 7.88. The summed E-state index contributed by atoms with van der Waals surface area (Å²) < 4.78 is 27.0. The van der Waals surface area contributed by atoms with Gasteiger partial charge in [-0.25, -0.2) is 13.1 Å². The van der Waals surface area contributed by atoms with Gasteiger partial charge in [0, 0.05) is 12.2 Å². The van der Waals surface area contributed by atoms with Crippen LogP contribution in [-0.2, 0) is 15.8 Å². The Morgan fingerprint density at radius 2 is 2.05 bits per heavy atom. The van der Waals surface area contributed by atoms with Crippen LogP contribution in [0, 0.1) is 11.8 Å². The Morgan fingerprint density at radius 1 is 1.30 bits per heavy atom. The summed E-state index contributed by atoms with van der Waals surface area (Å²) in [7, 11) is -3.30. The summed E-state index contributed by atoms with van der Waals surface area (Å²) in [4.78, 5) is 0. The number of hydrogen-bond donors (Lipinski definition) is 2. The largest absolute Gasteiger partial charge is 0.398 e. The van der Waals surface area contributed by atoms with Crippen molar-refractivity contribution in [3.05, 3.63) is 29.8 Å². The van der Waals surface area contributed by atoms with E-state index in [2.05, 4.69) is 11.6 Å². The van der Waals surface area contributed by atoms with Crippen molar-refractivity contribution in [3.63, 3.8) is 0 Å². The van der Waals surface area contributed by atoms with Crippen LogP contribution < -0.4 is 10.5 Å². The molecular weight excluding hydrogens is 272 g/mol. The minimum absolute atomic E-state index is 0.0397. The molecule has 112 valence electrons. The molecular formula is C15H24N2O2S. The predicted molar refractivity (Wildman–Crippen MR) is 82.6 cm³/mol. The van der Waals surface area contributed by atoms with E-state index in [4.69, 9.17) is 5.73 Å². The molecule has 1 aliphatic rings. The first-order valence-corrected chi connectivity index (χ1v) is 8.92. The molecule has 4 nitrogen and oxygen atoms in total. The molecule has 0 aliphatic heterocycles. The average Bonchev–Trinajstić information content (AvgIpc) is 2.39. The molecule has 0 aromatic heterocycles. The van der Waals surface area contributed by atoms with Gasteiger partial charge in [0.1, 0.15) is 0 Å². The van der Waals surface area contributed by atoms with Crippen molar-refractivity contribution in [3.8, 4) is 0 Å². The molecule has 0 saturated heterocycles. The minimum atomic E-state index is -3.30. The summed E-state index contributed by atoms with van der Waals surface area (Å²) in [6.07, 6.45) is 4.72. The van der Waals surface area contributed by atoms with E-state index in [1.807, 2.05) is 12.1 Å².